The van der Waals surface area contributed by atoms with Gasteiger partial charge in [0.15, 0.2) is 5.78 Å². The first-order valence-electron chi connectivity index (χ1n) is 5.89. The number of thiophene rings is 1. The molecule has 7 nitrogen and oxygen atoms in total. The smallest absolute Gasteiger partial charge is 0.269 e. The summed E-state index contributed by atoms with van der Waals surface area (Å²) in [7, 11) is 0. The molecule has 21 heavy (non-hydrogen) atoms. The number of carbonyl (C=O) groups excluding carboxylic acids is 2. The van der Waals surface area contributed by atoms with E-state index >= 15 is 0 Å². The van der Waals surface area contributed by atoms with Gasteiger partial charge in [-0.2, -0.15) is 0 Å². The van der Waals surface area contributed by atoms with Crippen molar-refractivity contribution >= 4 is 33.7 Å². The predicted octanol–water partition coefficient (Wildman–Crippen LogP) is 1.78. The van der Waals surface area contributed by atoms with Gasteiger partial charge in [-0.3, -0.25) is 19.7 Å². The molecule has 0 unspecified atom stereocenters. The molecule has 0 saturated heterocycles. The van der Waals surface area contributed by atoms with Crippen LogP contribution in [0.2, 0.25) is 0 Å². The lowest BCUT2D eigenvalue weighted by atomic mass is 10.1. The van der Waals surface area contributed by atoms with Gasteiger partial charge in [0.25, 0.3) is 5.69 Å². The van der Waals surface area contributed by atoms with Crippen molar-refractivity contribution < 1.29 is 14.5 Å². The molecular formula is C13H11N3O4S. The average Bonchev–Trinajstić information content (AvgIpc) is 2.94. The summed E-state index contributed by atoms with van der Waals surface area (Å²) in [5.41, 5.74) is 5.76. The van der Waals surface area contributed by atoms with Crippen molar-refractivity contribution in [2.75, 3.05) is 11.9 Å². The minimum Gasteiger partial charge on any atom is -0.322 e. The number of carbonyl (C=O) groups is 2. The van der Waals surface area contributed by atoms with E-state index in [-0.39, 0.29) is 18.0 Å². The van der Waals surface area contributed by atoms with Gasteiger partial charge >= 0.3 is 0 Å². The van der Waals surface area contributed by atoms with E-state index in [0.29, 0.717) is 16.1 Å². The highest BCUT2D eigenvalue weighted by atomic mass is 32.1. The number of hydrogen-bond acceptors (Lipinski definition) is 6. The lowest BCUT2D eigenvalue weighted by Gasteiger charge is -2.04. The van der Waals surface area contributed by atoms with E-state index in [1.165, 1.54) is 35.6 Å². The number of hydrogen-bond donors (Lipinski definition) is 2. The Morgan fingerprint density at radius 3 is 2.48 bits per heavy atom. The van der Waals surface area contributed by atoms with E-state index in [1.807, 2.05) is 0 Å². The normalized spacial score (nSPS) is 10.1. The van der Waals surface area contributed by atoms with Crippen molar-refractivity contribution in [2.45, 2.75) is 0 Å². The molecule has 0 bridgehead atoms. The molecule has 0 atom stereocenters. The highest BCUT2D eigenvalue weighted by molar-refractivity contribution is 7.14. The zero-order valence-electron chi connectivity index (χ0n) is 10.7. The Morgan fingerprint density at radius 1 is 1.24 bits per heavy atom. The van der Waals surface area contributed by atoms with Gasteiger partial charge in [0, 0.05) is 17.7 Å². The maximum atomic E-state index is 12.3. The Balaban J connectivity index is 2.26. The van der Waals surface area contributed by atoms with Gasteiger partial charge in [-0.25, -0.2) is 0 Å². The molecule has 108 valence electrons. The summed E-state index contributed by atoms with van der Waals surface area (Å²) in [6.07, 6.45) is 0. The largest absolute Gasteiger partial charge is 0.322 e. The monoisotopic (exact) mass is 305 g/mol. The molecule has 1 aromatic heterocycles. The van der Waals surface area contributed by atoms with Crippen LogP contribution in [0.1, 0.15) is 15.9 Å². The summed E-state index contributed by atoms with van der Waals surface area (Å²) in [5.74, 6) is -0.714. The third-order valence-electron chi connectivity index (χ3n) is 2.69. The van der Waals surface area contributed by atoms with Gasteiger partial charge in [-0.1, -0.05) is 0 Å². The quantitative estimate of drug-likeness (QED) is 0.496. The van der Waals surface area contributed by atoms with Crippen LogP contribution in [0.3, 0.4) is 0 Å². The van der Waals surface area contributed by atoms with Crippen LogP contribution in [0.25, 0.3) is 0 Å². The fourth-order valence-electron chi connectivity index (χ4n) is 1.65. The minimum atomic E-state index is -0.536. The van der Waals surface area contributed by atoms with Crippen LogP contribution in [0.4, 0.5) is 10.7 Å². The Bertz CT molecular complexity index is 694. The van der Waals surface area contributed by atoms with Crippen molar-refractivity contribution in [3.05, 3.63) is 57.0 Å². The van der Waals surface area contributed by atoms with Gasteiger partial charge in [0.1, 0.15) is 5.00 Å². The first-order chi connectivity index (χ1) is 10.0. The molecule has 1 heterocycles. The number of amides is 1. The number of ketones is 1. The second kappa shape index (κ2) is 6.25. The van der Waals surface area contributed by atoms with Crippen molar-refractivity contribution in [1.82, 2.24) is 0 Å². The van der Waals surface area contributed by atoms with Crippen molar-refractivity contribution in [2.24, 2.45) is 5.73 Å². The summed E-state index contributed by atoms with van der Waals surface area (Å²) in [5, 5.41) is 15.2. The average molecular weight is 305 g/mol. The molecule has 0 radical (unpaired) electrons. The Morgan fingerprint density at radius 2 is 1.90 bits per heavy atom. The summed E-state index contributed by atoms with van der Waals surface area (Å²) in [4.78, 5) is 33.7. The third kappa shape index (κ3) is 3.30. The first kappa shape index (κ1) is 14.8. The van der Waals surface area contributed by atoms with Crippen LogP contribution >= 0.6 is 11.3 Å². The number of nitro benzene ring substituents is 1. The van der Waals surface area contributed by atoms with E-state index < -0.39 is 10.8 Å². The number of nitrogens with one attached hydrogen (secondary N) is 1. The van der Waals surface area contributed by atoms with Crippen molar-refractivity contribution in [3.8, 4) is 0 Å². The summed E-state index contributed by atoms with van der Waals surface area (Å²) in [6, 6.07) is 6.87. The standard InChI is InChI=1S/C13H11N3O4S/c14-7-11(17)15-13-10(5-6-21-13)12(18)8-1-3-9(4-2-8)16(19)20/h1-6H,7,14H2,(H,15,17). The van der Waals surface area contributed by atoms with Gasteiger partial charge < -0.3 is 11.1 Å². The molecule has 0 fully saturated rings. The van der Waals surface area contributed by atoms with E-state index in [9.17, 15) is 19.7 Å². The number of anilines is 1. The van der Waals surface area contributed by atoms with Crippen LogP contribution in [-0.4, -0.2) is 23.2 Å². The predicted molar refractivity (Wildman–Crippen MR) is 78.5 cm³/mol. The number of benzene rings is 1. The summed E-state index contributed by atoms with van der Waals surface area (Å²) < 4.78 is 0. The van der Waals surface area contributed by atoms with Crippen LogP contribution in [0, 0.1) is 10.1 Å². The second-order valence-electron chi connectivity index (χ2n) is 4.05. The van der Waals surface area contributed by atoms with Crippen molar-refractivity contribution in [3.63, 3.8) is 0 Å². The highest BCUT2D eigenvalue weighted by Crippen LogP contribution is 2.26. The van der Waals surface area contributed by atoms with E-state index in [4.69, 9.17) is 5.73 Å². The molecule has 8 heteroatoms. The Labute approximate surface area is 123 Å². The topological polar surface area (TPSA) is 115 Å². The molecule has 0 saturated carbocycles. The molecule has 1 aromatic carbocycles. The summed E-state index contributed by atoms with van der Waals surface area (Å²) >= 11 is 1.21. The molecule has 0 aliphatic rings. The lowest BCUT2D eigenvalue weighted by Crippen LogP contribution is -2.22. The Kier molecular flexibility index (Phi) is 4.41. The lowest BCUT2D eigenvalue weighted by molar-refractivity contribution is -0.384. The highest BCUT2D eigenvalue weighted by Gasteiger charge is 2.17. The first-order valence-corrected chi connectivity index (χ1v) is 6.77. The molecule has 0 aliphatic heterocycles. The van der Waals surface area contributed by atoms with E-state index in [0.717, 1.165) is 0 Å². The maximum absolute atomic E-state index is 12.3. The molecular weight excluding hydrogens is 294 g/mol. The summed E-state index contributed by atoms with van der Waals surface area (Å²) in [6.45, 7) is -0.178. The molecule has 1 amide bonds. The maximum Gasteiger partial charge on any atom is 0.269 e. The number of rotatable bonds is 5. The van der Waals surface area contributed by atoms with Gasteiger partial charge in [0.2, 0.25) is 5.91 Å². The molecule has 2 aromatic rings. The SMILES string of the molecule is NCC(=O)Nc1sccc1C(=O)c1ccc([N+](=O)[O-])cc1. The zero-order valence-corrected chi connectivity index (χ0v) is 11.6. The van der Waals surface area contributed by atoms with Gasteiger partial charge in [0.05, 0.1) is 17.0 Å². The van der Waals surface area contributed by atoms with Crippen LogP contribution in [0.5, 0.6) is 0 Å². The molecule has 0 spiro atoms. The van der Waals surface area contributed by atoms with E-state index in [2.05, 4.69) is 5.32 Å². The van der Waals surface area contributed by atoms with Crippen molar-refractivity contribution in [1.29, 1.82) is 0 Å². The number of nitrogens with two attached hydrogens (primary N) is 1. The second-order valence-corrected chi connectivity index (χ2v) is 4.96. The number of non-ortho nitro benzene ring substituents is 1. The zero-order chi connectivity index (χ0) is 15.4. The molecule has 2 rings (SSSR count). The van der Waals surface area contributed by atoms with Crippen LogP contribution < -0.4 is 11.1 Å². The minimum absolute atomic E-state index is 0.0893. The Hall–Kier alpha value is -2.58. The fraction of sp³-hybridized carbons (Fsp3) is 0.0769. The molecule has 0 aliphatic carbocycles. The fourth-order valence-corrected chi connectivity index (χ4v) is 2.45. The van der Waals surface area contributed by atoms with Crippen LogP contribution in [0.15, 0.2) is 35.7 Å². The van der Waals surface area contributed by atoms with Crippen LogP contribution in [-0.2, 0) is 4.79 Å². The van der Waals surface area contributed by atoms with Gasteiger partial charge in [-0.15, -0.1) is 11.3 Å². The molecule has 3 N–H and O–H groups in total. The third-order valence-corrected chi connectivity index (χ3v) is 3.52. The number of nitrogens with zero attached hydrogens (tertiary/aromatic N) is 1. The van der Waals surface area contributed by atoms with E-state index in [1.54, 1.807) is 11.4 Å². The number of nitro groups is 1. The van der Waals surface area contributed by atoms with Gasteiger partial charge in [-0.05, 0) is 23.6 Å².